The van der Waals surface area contributed by atoms with Gasteiger partial charge in [-0.3, -0.25) is 14.4 Å². The zero-order chi connectivity index (χ0) is 32.4. The Bertz CT molecular complexity index is 1020. The fourth-order valence-electron chi connectivity index (χ4n) is 6.44. The Hall–Kier alpha value is -2.32. The molecule has 0 saturated carbocycles. The van der Waals surface area contributed by atoms with Gasteiger partial charge in [0.2, 0.25) is 5.91 Å². The lowest BCUT2D eigenvalue weighted by Crippen LogP contribution is -2.59. The number of esters is 1. The summed E-state index contributed by atoms with van der Waals surface area (Å²) < 4.78 is 34.9. The van der Waals surface area contributed by atoms with Crippen LogP contribution in [0.2, 0.25) is 0 Å². The number of methoxy groups -OCH3 is 1. The average Bonchev–Trinajstić information content (AvgIpc) is 3.34. The number of aliphatic hydroxyl groups is 1. The maximum atomic E-state index is 13.9. The molecule has 0 spiro atoms. The number of carbonyl (C=O) groups excluding carboxylic acids is 4. The number of ether oxygens (including phenoxy) is 6. The number of aliphatic hydroxyl groups excluding tert-OH is 1. The van der Waals surface area contributed by atoms with Crippen LogP contribution in [-0.4, -0.2) is 116 Å². The summed E-state index contributed by atoms with van der Waals surface area (Å²) in [4.78, 5) is 54.6. The summed E-state index contributed by atoms with van der Waals surface area (Å²) in [6.45, 7) is 11.9. The molecule has 0 radical (unpaired) electrons. The SMILES string of the molecule is CC[C@H]1OC(=O)[C@H](C)C(=O)[C@H](C)[C@@H](O[C@@H]2O[C@H](C)C[C@@H](N(C)C)[C@H]2O)[C@](C)(OC)C[C@@H](C)NC(=O)[C@H](C)[C@H]2OC(=O)O[C@@H]21. The monoisotopic (exact) mass is 614 g/mol. The van der Waals surface area contributed by atoms with E-state index in [1.165, 1.54) is 14.0 Å². The smallest absolute Gasteiger partial charge is 0.458 e. The van der Waals surface area contributed by atoms with E-state index in [2.05, 4.69) is 5.32 Å². The zero-order valence-corrected chi connectivity index (χ0v) is 27.0. The van der Waals surface area contributed by atoms with E-state index in [-0.39, 0.29) is 25.0 Å². The fraction of sp³-hybridized carbons (Fsp3) is 0.867. The van der Waals surface area contributed by atoms with Crippen LogP contribution in [-0.2, 0) is 42.8 Å². The fourth-order valence-corrected chi connectivity index (χ4v) is 6.44. The number of nitrogens with zero attached hydrogens (tertiary/aromatic N) is 1. The Morgan fingerprint density at radius 1 is 1.00 bits per heavy atom. The minimum Gasteiger partial charge on any atom is -0.458 e. The van der Waals surface area contributed by atoms with Gasteiger partial charge in [0.05, 0.1) is 23.7 Å². The summed E-state index contributed by atoms with van der Waals surface area (Å²) in [5.74, 6) is -4.65. The van der Waals surface area contributed by atoms with Crippen LogP contribution < -0.4 is 5.32 Å². The highest BCUT2D eigenvalue weighted by Crippen LogP contribution is 2.36. The van der Waals surface area contributed by atoms with Gasteiger partial charge < -0.3 is 43.7 Å². The number of fused-ring (bicyclic) bond motifs is 1. The Balaban J connectivity index is 2.03. The molecule has 3 saturated heterocycles. The average molecular weight is 615 g/mol. The van der Waals surface area contributed by atoms with Gasteiger partial charge in [0, 0.05) is 25.1 Å². The second kappa shape index (κ2) is 14.2. The van der Waals surface area contributed by atoms with Gasteiger partial charge in [-0.1, -0.05) is 13.8 Å². The van der Waals surface area contributed by atoms with Crippen LogP contribution in [0.15, 0.2) is 0 Å². The maximum absolute atomic E-state index is 13.9. The lowest BCUT2D eigenvalue weighted by molar-refractivity contribution is -0.295. The molecule has 13 atom stereocenters. The number of ketones is 1. The summed E-state index contributed by atoms with van der Waals surface area (Å²) in [5, 5.41) is 14.2. The molecule has 13 heteroatoms. The van der Waals surface area contributed by atoms with E-state index in [1.807, 2.05) is 25.9 Å². The molecule has 0 unspecified atom stereocenters. The zero-order valence-electron chi connectivity index (χ0n) is 27.0. The van der Waals surface area contributed by atoms with Crippen LogP contribution in [0.5, 0.6) is 0 Å². The van der Waals surface area contributed by atoms with Crippen LogP contribution in [0.1, 0.15) is 67.7 Å². The van der Waals surface area contributed by atoms with Crippen LogP contribution >= 0.6 is 0 Å². The Morgan fingerprint density at radius 3 is 2.21 bits per heavy atom. The number of rotatable bonds is 5. The highest BCUT2D eigenvalue weighted by molar-refractivity contribution is 6.00. The number of amides is 1. The lowest BCUT2D eigenvalue weighted by Gasteiger charge is -2.46. The highest BCUT2D eigenvalue weighted by Gasteiger charge is 2.51. The van der Waals surface area contributed by atoms with E-state index in [0.717, 1.165) is 0 Å². The Morgan fingerprint density at radius 2 is 1.63 bits per heavy atom. The molecule has 0 aromatic rings. The molecule has 3 rings (SSSR count). The van der Waals surface area contributed by atoms with E-state index in [1.54, 1.807) is 34.6 Å². The molecule has 3 aliphatic heterocycles. The van der Waals surface area contributed by atoms with E-state index in [9.17, 15) is 24.3 Å². The third kappa shape index (κ3) is 7.67. The van der Waals surface area contributed by atoms with Crippen molar-refractivity contribution in [1.82, 2.24) is 10.2 Å². The molecule has 3 aliphatic rings. The van der Waals surface area contributed by atoms with Gasteiger partial charge in [0.25, 0.3) is 0 Å². The van der Waals surface area contributed by atoms with Crippen LogP contribution in [0.3, 0.4) is 0 Å². The van der Waals surface area contributed by atoms with Crippen molar-refractivity contribution in [1.29, 1.82) is 0 Å². The number of nitrogens with one attached hydrogen (secondary N) is 1. The first kappa shape index (κ1) is 35.2. The third-order valence-electron chi connectivity index (χ3n) is 9.14. The molecule has 3 heterocycles. The molecule has 43 heavy (non-hydrogen) atoms. The van der Waals surface area contributed by atoms with Crippen LogP contribution in [0.4, 0.5) is 4.79 Å². The molecule has 2 N–H and O–H groups in total. The Kier molecular flexibility index (Phi) is 11.6. The predicted octanol–water partition coefficient (Wildman–Crippen LogP) is 1.81. The van der Waals surface area contributed by atoms with Gasteiger partial charge in [0.1, 0.15) is 18.1 Å². The first-order valence-electron chi connectivity index (χ1n) is 15.2. The molecule has 246 valence electrons. The van der Waals surface area contributed by atoms with Crippen molar-refractivity contribution in [2.24, 2.45) is 17.8 Å². The molecule has 3 fully saturated rings. The van der Waals surface area contributed by atoms with Crippen molar-refractivity contribution < 1.29 is 52.7 Å². The van der Waals surface area contributed by atoms with Crippen LogP contribution in [0, 0.1) is 17.8 Å². The standard InChI is InChI=1S/C30H50N2O11/c1-11-20-24-23(41-29(37)42-24)18(6)26(35)31-14(2)13-30(7,38-10)25(16(4)21(33)17(5)27(36)40-20)43-28-22(34)19(32(8)9)12-15(3)39-28/h14-20,22-25,28,34H,11-13H2,1-10H3,(H,31,35)/t14-,15-,16+,17-,18-,19-,20-,22-,23-,24-,25-,28+,30-/m1/s1. The minimum absolute atomic E-state index is 0.195. The van der Waals surface area contributed by atoms with Crippen molar-refractivity contribution in [3.8, 4) is 0 Å². The first-order chi connectivity index (χ1) is 20.0. The summed E-state index contributed by atoms with van der Waals surface area (Å²) >= 11 is 0. The molecular weight excluding hydrogens is 564 g/mol. The normalized spacial score (nSPS) is 43.5. The van der Waals surface area contributed by atoms with E-state index in [4.69, 9.17) is 28.4 Å². The van der Waals surface area contributed by atoms with Crippen molar-refractivity contribution in [3.63, 3.8) is 0 Å². The summed E-state index contributed by atoms with van der Waals surface area (Å²) in [6, 6.07) is -0.746. The largest absolute Gasteiger partial charge is 0.509 e. The molecule has 13 nitrogen and oxygen atoms in total. The van der Waals surface area contributed by atoms with Crippen LogP contribution in [0.25, 0.3) is 0 Å². The molecular formula is C30H50N2O11. The number of likely N-dealkylation sites (N-methyl/N-ethyl adjacent to an activating group) is 1. The van der Waals surface area contributed by atoms with Crippen molar-refractivity contribution in [3.05, 3.63) is 0 Å². The number of hydrogen-bond donors (Lipinski definition) is 2. The summed E-state index contributed by atoms with van der Waals surface area (Å²) in [7, 11) is 5.20. The summed E-state index contributed by atoms with van der Waals surface area (Å²) in [5.41, 5.74) is -1.19. The number of hydrogen-bond acceptors (Lipinski definition) is 12. The lowest BCUT2D eigenvalue weighted by atomic mass is 9.79. The van der Waals surface area contributed by atoms with Crippen molar-refractivity contribution in [2.75, 3.05) is 21.2 Å². The summed E-state index contributed by atoms with van der Waals surface area (Å²) in [6.07, 6.45) is -6.26. The number of Topliss-reactive ketones (excluding diaryl/α,β-unsaturated/α-hetero) is 1. The second-order valence-electron chi connectivity index (χ2n) is 12.8. The van der Waals surface area contributed by atoms with Gasteiger partial charge in [-0.05, 0) is 68.0 Å². The van der Waals surface area contributed by atoms with Gasteiger partial charge in [-0.25, -0.2) is 4.79 Å². The highest BCUT2D eigenvalue weighted by atomic mass is 16.8. The number of carbonyl (C=O) groups is 4. The van der Waals surface area contributed by atoms with E-state index in [0.29, 0.717) is 6.42 Å². The van der Waals surface area contributed by atoms with Gasteiger partial charge >= 0.3 is 12.1 Å². The second-order valence-corrected chi connectivity index (χ2v) is 12.8. The molecule has 1 amide bonds. The maximum Gasteiger partial charge on any atom is 0.509 e. The molecule has 0 aliphatic carbocycles. The van der Waals surface area contributed by atoms with Gasteiger partial charge in [0.15, 0.2) is 24.3 Å². The number of cyclic esters (lactones) is 1. The minimum atomic E-state index is -1.21. The first-order valence-corrected chi connectivity index (χ1v) is 15.2. The van der Waals surface area contributed by atoms with Gasteiger partial charge in [-0.15, -0.1) is 0 Å². The molecule has 0 aromatic carbocycles. The molecule has 0 aromatic heterocycles. The quantitative estimate of drug-likeness (QED) is 0.342. The topological polar surface area (TPSA) is 159 Å². The van der Waals surface area contributed by atoms with E-state index >= 15 is 0 Å². The third-order valence-corrected chi connectivity index (χ3v) is 9.14. The molecule has 0 bridgehead atoms. The van der Waals surface area contributed by atoms with Gasteiger partial charge in [-0.2, -0.15) is 0 Å². The Labute approximate surface area is 254 Å². The van der Waals surface area contributed by atoms with E-state index < -0.39 is 90.0 Å². The van der Waals surface area contributed by atoms with Crippen molar-refractivity contribution >= 4 is 23.8 Å². The predicted molar refractivity (Wildman–Crippen MR) is 153 cm³/mol. The van der Waals surface area contributed by atoms with Crippen molar-refractivity contribution in [2.45, 2.75) is 128 Å².